The maximum absolute atomic E-state index is 13.8. The number of benzene rings is 3. The van der Waals surface area contributed by atoms with E-state index in [1.165, 1.54) is 0 Å². The van der Waals surface area contributed by atoms with Crippen molar-refractivity contribution in [1.82, 2.24) is 4.90 Å². The highest BCUT2D eigenvalue weighted by Gasteiger charge is 2.64. The first kappa shape index (κ1) is 21.1. The number of anilines is 1. The Hall–Kier alpha value is -3.41. The number of ketones is 1. The highest BCUT2D eigenvalue weighted by molar-refractivity contribution is 6.36. The number of imide groups is 1. The minimum Gasteiger partial charge on any atom is -0.358 e. The van der Waals surface area contributed by atoms with Gasteiger partial charge in [0.25, 0.3) is 0 Å². The molecular weight excluding hydrogens is 471 g/mol. The molecule has 3 aliphatic heterocycles. The van der Waals surface area contributed by atoms with Crippen molar-refractivity contribution in [2.24, 2.45) is 11.8 Å². The van der Waals surface area contributed by atoms with Gasteiger partial charge in [-0.05, 0) is 53.6 Å². The minimum atomic E-state index is -0.840. The van der Waals surface area contributed by atoms with Crippen LogP contribution in [0.2, 0.25) is 10.0 Å². The maximum Gasteiger partial charge on any atom is 0.240 e. The third kappa shape index (κ3) is 2.97. The molecular formula is C27H18Cl2N2O3. The number of hydrogen-bond donors (Lipinski definition) is 0. The summed E-state index contributed by atoms with van der Waals surface area (Å²) in [6.07, 6.45) is 3.76. The van der Waals surface area contributed by atoms with Crippen LogP contribution in [0.15, 0.2) is 79.0 Å². The molecule has 2 saturated heterocycles. The van der Waals surface area contributed by atoms with E-state index in [0.717, 1.165) is 16.0 Å². The van der Waals surface area contributed by atoms with Crippen LogP contribution in [0.5, 0.6) is 0 Å². The fourth-order valence-electron chi connectivity index (χ4n) is 5.51. The van der Waals surface area contributed by atoms with Gasteiger partial charge in [0, 0.05) is 16.8 Å². The molecule has 34 heavy (non-hydrogen) atoms. The lowest BCUT2D eigenvalue weighted by molar-refractivity contribution is -0.123. The Morgan fingerprint density at radius 1 is 0.794 bits per heavy atom. The summed E-state index contributed by atoms with van der Waals surface area (Å²) in [4.78, 5) is 44.5. The zero-order chi connectivity index (χ0) is 23.6. The number of para-hydroxylation sites is 1. The molecule has 2 fully saturated rings. The predicted molar refractivity (Wildman–Crippen MR) is 131 cm³/mol. The summed E-state index contributed by atoms with van der Waals surface area (Å²) in [5.41, 5.74) is 2.68. The van der Waals surface area contributed by atoms with Crippen LogP contribution in [0.25, 0.3) is 6.08 Å². The third-order valence-corrected chi connectivity index (χ3v) is 7.52. The summed E-state index contributed by atoms with van der Waals surface area (Å²) in [6.45, 7) is 0. The van der Waals surface area contributed by atoms with Gasteiger partial charge >= 0.3 is 0 Å². The number of nitrogens with zero attached hydrogens (tertiary/aromatic N) is 2. The van der Waals surface area contributed by atoms with Crippen LogP contribution in [-0.2, 0) is 9.59 Å². The lowest BCUT2D eigenvalue weighted by atomic mass is 9.83. The van der Waals surface area contributed by atoms with Crippen molar-refractivity contribution in [3.05, 3.63) is 106 Å². The maximum atomic E-state index is 13.8. The summed E-state index contributed by atoms with van der Waals surface area (Å²) in [6, 6.07) is 19.9. The molecule has 3 heterocycles. The SMILES string of the molecule is O=C(c1ccc(Cl)cc1)[C@@H]1[C@@H]2C(=O)N(c3ccccc3Cl)C(=O)[C@@H]2[C@@H]2c3ccccc3C=CN12. The molecule has 0 aromatic heterocycles. The van der Waals surface area contributed by atoms with Crippen LogP contribution in [0.1, 0.15) is 27.5 Å². The van der Waals surface area contributed by atoms with Crippen molar-refractivity contribution in [2.45, 2.75) is 12.1 Å². The predicted octanol–water partition coefficient (Wildman–Crippen LogP) is 5.39. The van der Waals surface area contributed by atoms with Gasteiger partial charge in [-0.1, -0.05) is 59.6 Å². The van der Waals surface area contributed by atoms with Crippen LogP contribution >= 0.6 is 23.2 Å². The first-order valence-corrected chi connectivity index (χ1v) is 11.7. The molecule has 3 aromatic rings. The highest BCUT2D eigenvalue weighted by Crippen LogP contribution is 2.54. The van der Waals surface area contributed by atoms with Gasteiger partial charge in [-0.2, -0.15) is 0 Å². The van der Waals surface area contributed by atoms with Gasteiger partial charge in [0.1, 0.15) is 6.04 Å². The number of Topliss-reactive ketones (excluding diaryl/α,β-unsaturated/α-hetero) is 1. The van der Waals surface area contributed by atoms with Crippen LogP contribution in [0, 0.1) is 11.8 Å². The summed E-state index contributed by atoms with van der Waals surface area (Å²) in [5, 5.41) is 0.827. The lowest BCUT2D eigenvalue weighted by Crippen LogP contribution is -2.44. The van der Waals surface area contributed by atoms with E-state index in [-0.39, 0.29) is 11.7 Å². The van der Waals surface area contributed by atoms with Crippen LogP contribution in [0.4, 0.5) is 5.69 Å². The zero-order valence-corrected chi connectivity index (χ0v) is 19.3. The quantitative estimate of drug-likeness (QED) is 0.366. The van der Waals surface area contributed by atoms with Crippen molar-refractivity contribution < 1.29 is 14.4 Å². The van der Waals surface area contributed by atoms with Crippen molar-refractivity contribution >= 4 is 52.6 Å². The second-order valence-electron chi connectivity index (χ2n) is 8.67. The van der Waals surface area contributed by atoms with Crippen molar-refractivity contribution in [1.29, 1.82) is 0 Å². The Morgan fingerprint density at radius 2 is 1.47 bits per heavy atom. The lowest BCUT2D eigenvalue weighted by Gasteiger charge is -2.35. The molecule has 0 spiro atoms. The molecule has 0 radical (unpaired) electrons. The fourth-order valence-corrected chi connectivity index (χ4v) is 5.86. The Morgan fingerprint density at radius 3 is 2.24 bits per heavy atom. The molecule has 3 aliphatic rings. The summed E-state index contributed by atoms with van der Waals surface area (Å²) in [7, 11) is 0. The third-order valence-electron chi connectivity index (χ3n) is 6.95. The average molecular weight is 489 g/mol. The first-order valence-electron chi connectivity index (χ1n) is 10.9. The van der Waals surface area contributed by atoms with Crippen LogP contribution in [-0.4, -0.2) is 28.5 Å². The average Bonchev–Trinajstić information content (AvgIpc) is 3.32. The molecule has 4 atom stereocenters. The topological polar surface area (TPSA) is 57.7 Å². The monoisotopic (exact) mass is 488 g/mol. The number of hydrogen-bond acceptors (Lipinski definition) is 4. The molecule has 0 aliphatic carbocycles. The summed E-state index contributed by atoms with van der Waals surface area (Å²) >= 11 is 12.4. The van der Waals surface area contributed by atoms with Crippen LogP contribution < -0.4 is 4.90 Å². The molecule has 3 aromatic carbocycles. The molecule has 6 rings (SSSR count). The van der Waals surface area contributed by atoms with E-state index in [0.29, 0.717) is 21.3 Å². The second-order valence-corrected chi connectivity index (χ2v) is 9.51. The van der Waals surface area contributed by atoms with E-state index in [9.17, 15) is 14.4 Å². The Bertz CT molecular complexity index is 1380. The van der Waals surface area contributed by atoms with E-state index in [2.05, 4.69) is 0 Å². The number of rotatable bonds is 3. The molecule has 168 valence electrons. The molecule has 5 nitrogen and oxygen atoms in total. The van der Waals surface area contributed by atoms with Gasteiger partial charge in [-0.15, -0.1) is 0 Å². The number of carbonyl (C=O) groups is 3. The first-order chi connectivity index (χ1) is 16.5. The van der Waals surface area contributed by atoms with Crippen LogP contribution in [0.3, 0.4) is 0 Å². The normalized spacial score (nSPS) is 24.8. The minimum absolute atomic E-state index is 0.222. The van der Waals surface area contributed by atoms with E-state index < -0.39 is 29.8 Å². The molecule has 0 unspecified atom stereocenters. The molecule has 7 heteroatoms. The number of fused-ring (bicyclic) bond motifs is 5. The number of carbonyl (C=O) groups excluding carboxylic acids is 3. The van der Waals surface area contributed by atoms with Crippen molar-refractivity contribution in [3.63, 3.8) is 0 Å². The second kappa shape index (κ2) is 7.83. The molecule has 0 bridgehead atoms. The van der Waals surface area contributed by atoms with Gasteiger partial charge in [-0.25, -0.2) is 4.90 Å². The zero-order valence-electron chi connectivity index (χ0n) is 17.8. The van der Waals surface area contributed by atoms with E-state index >= 15 is 0 Å². The van der Waals surface area contributed by atoms with Gasteiger partial charge < -0.3 is 4.90 Å². The highest BCUT2D eigenvalue weighted by atomic mass is 35.5. The van der Waals surface area contributed by atoms with Gasteiger partial charge in [0.05, 0.1) is 28.6 Å². The fraction of sp³-hybridized carbons (Fsp3) is 0.148. The standard InChI is InChI=1S/C27H18Cl2N2O3/c28-17-11-9-16(10-12-17)25(32)24-22-21(23-18-6-2-1-5-15(18)13-14-30(23)24)26(33)31(27(22)34)20-8-4-3-7-19(20)29/h1-14,21-24H/t21-,22+,23-,24-/m0/s1. The molecule has 0 saturated carbocycles. The number of halogens is 2. The Kier molecular flexibility index (Phi) is 4.87. The smallest absolute Gasteiger partial charge is 0.240 e. The molecule has 2 amide bonds. The largest absolute Gasteiger partial charge is 0.358 e. The van der Waals surface area contributed by atoms with Gasteiger partial charge in [0.15, 0.2) is 5.78 Å². The molecule has 0 N–H and O–H groups in total. The Balaban J connectivity index is 1.51. The number of amides is 2. The van der Waals surface area contributed by atoms with E-state index in [1.54, 1.807) is 48.5 Å². The summed E-state index contributed by atoms with van der Waals surface area (Å²) in [5.74, 6) is -2.52. The Labute approximate surface area is 206 Å². The van der Waals surface area contributed by atoms with Crippen molar-refractivity contribution in [3.8, 4) is 0 Å². The van der Waals surface area contributed by atoms with Crippen molar-refractivity contribution in [2.75, 3.05) is 4.90 Å². The van der Waals surface area contributed by atoms with E-state index in [4.69, 9.17) is 23.2 Å². The van der Waals surface area contributed by atoms with E-state index in [1.807, 2.05) is 41.4 Å². The summed E-state index contributed by atoms with van der Waals surface area (Å²) < 4.78 is 0. The van der Waals surface area contributed by atoms with Gasteiger partial charge in [-0.3, -0.25) is 14.4 Å². The van der Waals surface area contributed by atoms with Gasteiger partial charge in [0.2, 0.25) is 11.8 Å².